The van der Waals surface area contributed by atoms with Crippen LogP contribution in [0.1, 0.15) is 19.3 Å². The lowest BCUT2D eigenvalue weighted by atomic mass is 10.0. The molecule has 0 N–H and O–H groups in total. The van der Waals surface area contributed by atoms with Gasteiger partial charge in [0.1, 0.15) is 5.78 Å². The highest BCUT2D eigenvalue weighted by Gasteiger charge is 2.50. The Bertz CT molecular complexity index is 149. The first-order valence-electron chi connectivity index (χ1n) is 3.45. The Labute approximate surface area is 59.2 Å². The van der Waals surface area contributed by atoms with Gasteiger partial charge in [0, 0.05) is 23.3 Å². The summed E-state index contributed by atoms with van der Waals surface area (Å²) in [6.07, 6.45) is 3.20. The fourth-order valence-corrected chi connectivity index (χ4v) is 2.67. The van der Waals surface area contributed by atoms with Gasteiger partial charge in [-0.1, -0.05) is 0 Å². The summed E-state index contributed by atoms with van der Waals surface area (Å²) in [7, 11) is 0. The molecular formula is C7H10OS. The van der Waals surface area contributed by atoms with Crippen LogP contribution in [0.15, 0.2) is 0 Å². The molecule has 1 saturated heterocycles. The second kappa shape index (κ2) is 1.75. The van der Waals surface area contributed by atoms with Gasteiger partial charge in [0.15, 0.2) is 0 Å². The molecule has 0 radical (unpaired) electrons. The van der Waals surface area contributed by atoms with Gasteiger partial charge in [0.25, 0.3) is 0 Å². The van der Waals surface area contributed by atoms with E-state index in [0.29, 0.717) is 5.78 Å². The molecule has 2 rings (SSSR count). The van der Waals surface area contributed by atoms with Gasteiger partial charge in [-0.3, -0.25) is 4.79 Å². The number of thioether (sulfide) groups is 1. The Balaban J connectivity index is 2.12. The molecule has 2 aliphatic rings. The van der Waals surface area contributed by atoms with Crippen molar-refractivity contribution in [3.63, 3.8) is 0 Å². The van der Waals surface area contributed by atoms with E-state index in [1.165, 1.54) is 12.8 Å². The summed E-state index contributed by atoms with van der Waals surface area (Å²) in [6.45, 7) is 0. The minimum Gasteiger partial charge on any atom is -0.299 e. The second-order valence-electron chi connectivity index (χ2n) is 3.01. The Morgan fingerprint density at radius 2 is 2.22 bits per heavy atom. The SMILES string of the molecule is O=C1CCSCC12CC2. The predicted octanol–water partition coefficient (Wildman–Crippen LogP) is 1.47. The maximum absolute atomic E-state index is 11.2. The molecule has 0 amide bonds. The van der Waals surface area contributed by atoms with Crippen LogP contribution in [-0.4, -0.2) is 17.3 Å². The van der Waals surface area contributed by atoms with Gasteiger partial charge in [-0.15, -0.1) is 0 Å². The van der Waals surface area contributed by atoms with E-state index in [-0.39, 0.29) is 5.41 Å². The summed E-state index contributed by atoms with van der Waals surface area (Å²) in [5, 5.41) is 0. The third-order valence-corrected chi connectivity index (χ3v) is 3.55. The lowest BCUT2D eigenvalue weighted by Gasteiger charge is -2.17. The zero-order valence-electron chi connectivity index (χ0n) is 5.35. The first-order chi connectivity index (χ1) is 4.33. The molecule has 1 aliphatic heterocycles. The van der Waals surface area contributed by atoms with Crippen molar-refractivity contribution in [2.24, 2.45) is 5.41 Å². The maximum Gasteiger partial charge on any atom is 0.140 e. The highest BCUT2D eigenvalue weighted by atomic mass is 32.2. The lowest BCUT2D eigenvalue weighted by molar-refractivity contribution is -0.123. The zero-order valence-corrected chi connectivity index (χ0v) is 6.17. The zero-order chi connectivity index (χ0) is 6.32. The molecule has 9 heavy (non-hydrogen) atoms. The summed E-state index contributed by atoms with van der Waals surface area (Å²) in [5.41, 5.74) is 0.211. The summed E-state index contributed by atoms with van der Waals surface area (Å²) >= 11 is 1.95. The van der Waals surface area contributed by atoms with Crippen LogP contribution in [0.4, 0.5) is 0 Å². The normalized spacial score (nSPS) is 30.9. The second-order valence-corrected chi connectivity index (χ2v) is 4.11. The molecule has 2 fully saturated rings. The summed E-state index contributed by atoms with van der Waals surface area (Å²) < 4.78 is 0. The fraction of sp³-hybridized carbons (Fsp3) is 0.857. The van der Waals surface area contributed by atoms with Crippen LogP contribution in [0.25, 0.3) is 0 Å². The van der Waals surface area contributed by atoms with Crippen LogP contribution in [0.3, 0.4) is 0 Å². The molecule has 0 atom stereocenters. The average Bonchev–Trinajstić information content (AvgIpc) is 2.60. The van der Waals surface area contributed by atoms with Crippen LogP contribution < -0.4 is 0 Å². The minimum atomic E-state index is 0.211. The van der Waals surface area contributed by atoms with Gasteiger partial charge in [-0.2, -0.15) is 11.8 Å². The highest BCUT2D eigenvalue weighted by molar-refractivity contribution is 7.99. The van der Waals surface area contributed by atoms with Crippen molar-refractivity contribution in [2.75, 3.05) is 11.5 Å². The summed E-state index contributed by atoms with van der Waals surface area (Å²) in [5.74, 6) is 2.73. The minimum absolute atomic E-state index is 0.211. The summed E-state index contributed by atoms with van der Waals surface area (Å²) in [4.78, 5) is 11.2. The van der Waals surface area contributed by atoms with Gasteiger partial charge in [0.05, 0.1) is 0 Å². The van der Waals surface area contributed by atoms with E-state index in [2.05, 4.69) is 0 Å². The van der Waals surface area contributed by atoms with Crippen LogP contribution >= 0.6 is 11.8 Å². The molecule has 1 heterocycles. The lowest BCUT2D eigenvalue weighted by Crippen LogP contribution is -2.23. The first kappa shape index (κ1) is 5.78. The number of rotatable bonds is 0. The van der Waals surface area contributed by atoms with E-state index in [1.54, 1.807) is 0 Å². The Morgan fingerprint density at radius 1 is 1.44 bits per heavy atom. The van der Waals surface area contributed by atoms with E-state index in [1.807, 2.05) is 11.8 Å². The van der Waals surface area contributed by atoms with Crippen LogP contribution in [0, 0.1) is 5.41 Å². The van der Waals surface area contributed by atoms with Crippen LogP contribution in [-0.2, 0) is 4.79 Å². The number of hydrogen-bond donors (Lipinski definition) is 0. The standard InChI is InChI=1S/C7H10OS/c8-6-1-4-9-5-7(6)2-3-7/h1-5H2. The van der Waals surface area contributed by atoms with Crippen molar-refractivity contribution >= 4 is 17.5 Å². The predicted molar refractivity (Wildman–Crippen MR) is 38.6 cm³/mol. The molecule has 2 heteroatoms. The van der Waals surface area contributed by atoms with Crippen molar-refractivity contribution in [3.05, 3.63) is 0 Å². The molecule has 0 aromatic heterocycles. The van der Waals surface area contributed by atoms with Gasteiger partial charge in [0.2, 0.25) is 0 Å². The van der Waals surface area contributed by atoms with Gasteiger partial charge in [-0.05, 0) is 12.8 Å². The average molecular weight is 142 g/mol. The number of ketones is 1. The van der Waals surface area contributed by atoms with E-state index in [9.17, 15) is 4.79 Å². The molecule has 1 saturated carbocycles. The van der Waals surface area contributed by atoms with Gasteiger partial charge >= 0.3 is 0 Å². The Morgan fingerprint density at radius 3 is 2.67 bits per heavy atom. The van der Waals surface area contributed by atoms with E-state index >= 15 is 0 Å². The number of hydrogen-bond acceptors (Lipinski definition) is 2. The molecule has 0 unspecified atom stereocenters. The number of carbonyl (C=O) groups excluding carboxylic acids is 1. The molecule has 50 valence electrons. The van der Waals surface area contributed by atoms with Crippen molar-refractivity contribution in [1.29, 1.82) is 0 Å². The number of Topliss-reactive ketones (excluding diaryl/α,β-unsaturated/α-hetero) is 1. The largest absolute Gasteiger partial charge is 0.299 e. The molecule has 1 nitrogen and oxygen atoms in total. The van der Waals surface area contributed by atoms with Crippen LogP contribution in [0.2, 0.25) is 0 Å². The molecule has 0 aromatic carbocycles. The molecule has 0 aromatic rings. The quantitative estimate of drug-likeness (QED) is 0.509. The van der Waals surface area contributed by atoms with Gasteiger partial charge in [-0.25, -0.2) is 0 Å². The molecule has 0 bridgehead atoms. The van der Waals surface area contributed by atoms with E-state index in [4.69, 9.17) is 0 Å². The van der Waals surface area contributed by atoms with Gasteiger partial charge < -0.3 is 0 Å². The molecule has 1 aliphatic carbocycles. The third kappa shape index (κ3) is 0.803. The molecular weight excluding hydrogens is 132 g/mol. The summed E-state index contributed by atoms with van der Waals surface area (Å²) in [6, 6.07) is 0. The van der Waals surface area contributed by atoms with E-state index in [0.717, 1.165) is 17.9 Å². The van der Waals surface area contributed by atoms with Crippen molar-refractivity contribution in [1.82, 2.24) is 0 Å². The Kier molecular flexibility index (Phi) is 1.12. The third-order valence-electron chi connectivity index (χ3n) is 2.30. The van der Waals surface area contributed by atoms with Crippen molar-refractivity contribution in [3.8, 4) is 0 Å². The smallest absolute Gasteiger partial charge is 0.140 e. The monoisotopic (exact) mass is 142 g/mol. The Hall–Kier alpha value is 0.0200. The highest BCUT2D eigenvalue weighted by Crippen LogP contribution is 2.51. The maximum atomic E-state index is 11.2. The van der Waals surface area contributed by atoms with Crippen molar-refractivity contribution < 1.29 is 4.79 Å². The first-order valence-corrected chi connectivity index (χ1v) is 4.60. The van der Waals surface area contributed by atoms with Crippen LogP contribution in [0.5, 0.6) is 0 Å². The molecule has 1 spiro atoms. The van der Waals surface area contributed by atoms with E-state index < -0.39 is 0 Å². The number of carbonyl (C=O) groups is 1. The topological polar surface area (TPSA) is 17.1 Å². The fourth-order valence-electron chi connectivity index (χ4n) is 1.35. The van der Waals surface area contributed by atoms with Crippen molar-refractivity contribution in [2.45, 2.75) is 19.3 Å².